The van der Waals surface area contributed by atoms with Gasteiger partial charge in [0.15, 0.2) is 0 Å². The molecule has 3 heteroatoms. The first-order valence-electron chi connectivity index (χ1n) is 3.40. The van der Waals surface area contributed by atoms with E-state index in [0.717, 1.165) is 0 Å². The number of carboxylic acids is 1. The molecule has 0 bridgehead atoms. The molecule has 0 aromatic carbocycles. The standard InChI is InChI=1S/C8H13NO2/c1-4-6-7(8(10)11)9(3)5-2/h4,6H,1,5H2,2-3H3,(H,10,11)/b7-6-. The van der Waals surface area contributed by atoms with Crippen molar-refractivity contribution >= 4 is 5.97 Å². The number of carboxylic acid groups (broad SMARTS) is 1. The SMILES string of the molecule is C=C/C=C(/C(=O)O)N(C)CC. The van der Waals surface area contributed by atoms with Gasteiger partial charge in [0.25, 0.3) is 0 Å². The molecule has 0 atom stereocenters. The molecule has 0 aliphatic rings. The van der Waals surface area contributed by atoms with Crippen molar-refractivity contribution in [3.05, 3.63) is 24.4 Å². The minimum atomic E-state index is -0.922. The van der Waals surface area contributed by atoms with Crippen LogP contribution in [0.3, 0.4) is 0 Å². The average Bonchev–Trinajstić information content (AvgIpc) is 1.98. The van der Waals surface area contributed by atoms with Gasteiger partial charge in [0.05, 0.1) is 0 Å². The van der Waals surface area contributed by atoms with Crippen molar-refractivity contribution in [3.8, 4) is 0 Å². The summed E-state index contributed by atoms with van der Waals surface area (Å²) in [7, 11) is 1.73. The van der Waals surface area contributed by atoms with Crippen molar-refractivity contribution < 1.29 is 9.90 Å². The minimum Gasteiger partial charge on any atom is -0.477 e. The lowest BCUT2D eigenvalue weighted by molar-refractivity contribution is -0.134. The van der Waals surface area contributed by atoms with Crippen molar-refractivity contribution in [2.45, 2.75) is 6.92 Å². The summed E-state index contributed by atoms with van der Waals surface area (Å²) in [6, 6.07) is 0. The molecular formula is C8H13NO2. The maximum absolute atomic E-state index is 10.5. The smallest absolute Gasteiger partial charge is 0.352 e. The minimum absolute atomic E-state index is 0.266. The van der Waals surface area contributed by atoms with Crippen LogP contribution >= 0.6 is 0 Å². The van der Waals surface area contributed by atoms with Gasteiger partial charge < -0.3 is 10.0 Å². The van der Waals surface area contributed by atoms with Crippen LogP contribution in [0.25, 0.3) is 0 Å². The summed E-state index contributed by atoms with van der Waals surface area (Å²) < 4.78 is 0. The van der Waals surface area contributed by atoms with E-state index in [-0.39, 0.29) is 5.70 Å². The van der Waals surface area contributed by atoms with E-state index in [2.05, 4.69) is 6.58 Å². The molecule has 0 heterocycles. The molecule has 62 valence electrons. The van der Waals surface area contributed by atoms with E-state index in [1.165, 1.54) is 12.2 Å². The Labute approximate surface area is 66.6 Å². The van der Waals surface area contributed by atoms with Gasteiger partial charge in [-0.2, -0.15) is 0 Å². The zero-order valence-electron chi connectivity index (χ0n) is 6.87. The van der Waals surface area contributed by atoms with Gasteiger partial charge in [0, 0.05) is 13.6 Å². The maximum Gasteiger partial charge on any atom is 0.352 e. The molecule has 0 aromatic heterocycles. The van der Waals surface area contributed by atoms with Crippen LogP contribution in [0.1, 0.15) is 6.92 Å². The van der Waals surface area contributed by atoms with Crippen LogP contribution in [0.2, 0.25) is 0 Å². The fourth-order valence-corrected chi connectivity index (χ4v) is 0.644. The molecule has 0 rings (SSSR count). The van der Waals surface area contributed by atoms with Gasteiger partial charge in [-0.3, -0.25) is 0 Å². The summed E-state index contributed by atoms with van der Waals surface area (Å²) in [5.74, 6) is -0.922. The molecule has 0 unspecified atom stereocenters. The lowest BCUT2D eigenvalue weighted by atomic mass is 10.3. The summed E-state index contributed by atoms with van der Waals surface area (Å²) in [5.41, 5.74) is 0.266. The maximum atomic E-state index is 10.5. The molecule has 1 N–H and O–H groups in total. The number of likely N-dealkylation sites (N-methyl/N-ethyl adjacent to an activating group) is 1. The first-order valence-corrected chi connectivity index (χ1v) is 3.40. The van der Waals surface area contributed by atoms with Crippen LogP contribution in [0.4, 0.5) is 0 Å². The predicted octanol–water partition coefficient (Wildman–Crippen LogP) is 1.09. The number of hydrogen-bond donors (Lipinski definition) is 1. The van der Waals surface area contributed by atoms with E-state index in [1.807, 2.05) is 6.92 Å². The second-order valence-corrected chi connectivity index (χ2v) is 2.11. The summed E-state index contributed by atoms with van der Waals surface area (Å²) in [5, 5.41) is 8.65. The van der Waals surface area contributed by atoms with Gasteiger partial charge in [0.2, 0.25) is 0 Å². The molecular weight excluding hydrogens is 142 g/mol. The van der Waals surface area contributed by atoms with E-state index >= 15 is 0 Å². The molecule has 0 aromatic rings. The summed E-state index contributed by atoms with van der Waals surface area (Å²) in [6.07, 6.45) is 2.95. The van der Waals surface area contributed by atoms with E-state index < -0.39 is 5.97 Å². The number of aliphatic carboxylic acids is 1. The fourth-order valence-electron chi connectivity index (χ4n) is 0.644. The van der Waals surface area contributed by atoms with Crippen LogP contribution in [0.15, 0.2) is 24.4 Å². The second-order valence-electron chi connectivity index (χ2n) is 2.11. The van der Waals surface area contributed by atoms with Crippen molar-refractivity contribution in [2.24, 2.45) is 0 Å². The number of carbonyl (C=O) groups is 1. The fraction of sp³-hybridized carbons (Fsp3) is 0.375. The Hall–Kier alpha value is -1.25. The molecule has 3 nitrogen and oxygen atoms in total. The Bertz CT molecular complexity index is 185. The summed E-state index contributed by atoms with van der Waals surface area (Å²) >= 11 is 0. The lowest BCUT2D eigenvalue weighted by Gasteiger charge is -2.16. The normalized spacial score (nSPS) is 10.9. The van der Waals surface area contributed by atoms with E-state index in [0.29, 0.717) is 6.54 Å². The molecule has 0 aliphatic carbocycles. The predicted molar refractivity (Wildman–Crippen MR) is 44.2 cm³/mol. The number of allylic oxidation sites excluding steroid dienone is 2. The third kappa shape index (κ3) is 2.89. The molecule has 11 heavy (non-hydrogen) atoms. The Kier molecular flexibility index (Phi) is 4.03. The van der Waals surface area contributed by atoms with Gasteiger partial charge in [-0.15, -0.1) is 0 Å². The largest absolute Gasteiger partial charge is 0.477 e. The third-order valence-corrected chi connectivity index (χ3v) is 1.38. The van der Waals surface area contributed by atoms with Gasteiger partial charge in [-0.25, -0.2) is 4.79 Å². The Morgan fingerprint density at radius 3 is 2.55 bits per heavy atom. The van der Waals surface area contributed by atoms with Crippen molar-refractivity contribution in [1.29, 1.82) is 0 Å². The Morgan fingerprint density at radius 2 is 2.27 bits per heavy atom. The highest BCUT2D eigenvalue weighted by molar-refractivity contribution is 5.86. The quantitative estimate of drug-likeness (QED) is 0.488. The Morgan fingerprint density at radius 1 is 1.73 bits per heavy atom. The van der Waals surface area contributed by atoms with Crippen LogP contribution in [-0.2, 0) is 4.79 Å². The van der Waals surface area contributed by atoms with Crippen LogP contribution in [0, 0.1) is 0 Å². The van der Waals surface area contributed by atoms with Crippen molar-refractivity contribution in [1.82, 2.24) is 4.90 Å². The van der Waals surface area contributed by atoms with Crippen LogP contribution in [0.5, 0.6) is 0 Å². The molecule has 0 spiro atoms. The summed E-state index contributed by atoms with van der Waals surface area (Å²) in [6.45, 7) is 5.99. The summed E-state index contributed by atoms with van der Waals surface area (Å²) in [4.78, 5) is 12.2. The molecule has 0 amide bonds. The average molecular weight is 155 g/mol. The van der Waals surface area contributed by atoms with Crippen molar-refractivity contribution in [2.75, 3.05) is 13.6 Å². The highest BCUT2D eigenvalue weighted by atomic mass is 16.4. The lowest BCUT2D eigenvalue weighted by Crippen LogP contribution is -2.22. The molecule has 0 aliphatic heterocycles. The molecule has 0 fully saturated rings. The number of rotatable bonds is 4. The first-order chi connectivity index (χ1) is 5.13. The van der Waals surface area contributed by atoms with Gasteiger partial charge in [-0.05, 0) is 13.0 Å². The van der Waals surface area contributed by atoms with E-state index in [9.17, 15) is 4.79 Å². The molecule has 0 saturated heterocycles. The Balaban J connectivity index is 4.46. The third-order valence-electron chi connectivity index (χ3n) is 1.38. The zero-order valence-corrected chi connectivity index (χ0v) is 6.87. The number of nitrogens with zero attached hydrogens (tertiary/aromatic N) is 1. The van der Waals surface area contributed by atoms with Gasteiger partial charge in [0.1, 0.15) is 5.70 Å². The van der Waals surface area contributed by atoms with Crippen molar-refractivity contribution in [3.63, 3.8) is 0 Å². The van der Waals surface area contributed by atoms with Crippen LogP contribution in [-0.4, -0.2) is 29.6 Å². The van der Waals surface area contributed by atoms with E-state index in [4.69, 9.17) is 5.11 Å². The zero-order chi connectivity index (χ0) is 8.85. The second kappa shape index (κ2) is 4.55. The van der Waals surface area contributed by atoms with Gasteiger partial charge >= 0.3 is 5.97 Å². The van der Waals surface area contributed by atoms with E-state index in [1.54, 1.807) is 11.9 Å². The topological polar surface area (TPSA) is 40.5 Å². The van der Waals surface area contributed by atoms with Gasteiger partial charge in [-0.1, -0.05) is 12.7 Å². The number of hydrogen-bond acceptors (Lipinski definition) is 2. The first kappa shape index (κ1) is 9.75. The molecule has 0 radical (unpaired) electrons. The van der Waals surface area contributed by atoms with Crippen LogP contribution < -0.4 is 0 Å². The molecule has 0 saturated carbocycles. The monoisotopic (exact) mass is 155 g/mol. The highest BCUT2D eigenvalue weighted by Gasteiger charge is 2.08. The highest BCUT2D eigenvalue weighted by Crippen LogP contribution is 2.00.